The second-order valence-corrected chi connectivity index (χ2v) is 6.11. The first kappa shape index (κ1) is 14.0. The number of aromatic nitrogens is 2. The van der Waals surface area contributed by atoms with Gasteiger partial charge in [0.25, 0.3) is 0 Å². The van der Waals surface area contributed by atoms with Gasteiger partial charge in [0.1, 0.15) is 5.82 Å². The Morgan fingerprint density at radius 2 is 1.83 bits per heavy atom. The van der Waals surface area contributed by atoms with Crippen molar-refractivity contribution in [1.82, 2.24) is 9.97 Å². The van der Waals surface area contributed by atoms with Gasteiger partial charge in [-0.3, -0.25) is 4.79 Å². The van der Waals surface area contributed by atoms with Crippen LogP contribution in [0.5, 0.6) is 0 Å². The number of hydrogen-bond acceptors (Lipinski definition) is 2. The van der Waals surface area contributed by atoms with E-state index in [1.54, 1.807) is 0 Å². The summed E-state index contributed by atoms with van der Waals surface area (Å²) in [6.45, 7) is 4.14. The fourth-order valence-electron chi connectivity index (χ4n) is 3.61. The summed E-state index contributed by atoms with van der Waals surface area (Å²) in [6, 6.07) is 14.1. The molecule has 2 N–H and O–H groups in total. The number of amides is 1. The normalized spacial score (nSPS) is 15.7. The van der Waals surface area contributed by atoms with Gasteiger partial charge in [0.15, 0.2) is 0 Å². The summed E-state index contributed by atoms with van der Waals surface area (Å²) in [7, 11) is 0. The van der Waals surface area contributed by atoms with Crippen LogP contribution in [0.1, 0.15) is 32.3 Å². The van der Waals surface area contributed by atoms with Crippen LogP contribution in [0.15, 0.2) is 42.5 Å². The lowest BCUT2D eigenvalue weighted by molar-refractivity contribution is -0.121. The molecule has 0 aliphatic carbocycles. The lowest BCUT2D eigenvalue weighted by Gasteiger charge is -2.23. The highest BCUT2D eigenvalue weighted by atomic mass is 16.2. The molecule has 0 atom stereocenters. The molecule has 0 fully saturated rings. The van der Waals surface area contributed by atoms with E-state index in [4.69, 9.17) is 4.98 Å². The molecule has 0 saturated heterocycles. The third-order valence-electron chi connectivity index (χ3n) is 5.07. The predicted molar refractivity (Wildman–Crippen MR) is 92.4 cm³/mol. The van der Waals surface area contributed by atoms with E-state index in [-0.39, 0.29) is 5.91 Å². The highest BCUT2D eigenvalue weighted by molar-refractivity contribution is 6.08. The topological polar surface area (TPSA) is 57.8 Å². The van der Waals surface area contributed by atoms with Crippen LogP contribution >= 0.6 is 0 Å². The molecular weight excluding hydrogens is 286 g/mol. The SMILES string of the molecule is CCC1(CC)C(=O)Nc2cc3[nH]c(-c4ccccc4)nc3cc21. The van der Waals surface area contributed by atoms with Crippen molar-refractivity contribution in [3.8, 4) is 11.4 Å². The number of H-pyrrole nitrogens is 1. The minimum atomic E-state index is -0.421. The summed E-state index contributed by atoms with van der Waals surface area (Å²) < 4.78 is 0. The Bertz CT molecular complexity index is 892. The van der Waals surface area contributed by atoms with Crippen molar-refractivity contribution in [2.45, 2.75) is 32.1 Å². The summed E-state index contributed by atoms with van der Waals surface area (Å²) in [5.74, 6) is 0.961. The molecule has 23 heavy (non-hydrogen) atoms. The highest BCUT2D eigenvalue weighted by Gasteiger charge is 2.44. The number of fused-ring (bicyclic) bond motifs is 2. The van der Waals surface area contributed by atoms with Crippen molar-refractivity contribution in [1.29, 1.82) is 0 Å². The Hall–Kier alpha value is -2.62. The molecule has 1 aliphatic rings. The maximum atomic E-state index is 12.5. The number of nitrogens with zero attached hydrogens (tertiary/aromatic N) is 1. The molecule has 0 unspecified atom stereocenters. The molecule has 1 amide bonds. The molecule has 4 nitrogen and oxygen atoms in total. The van der Waals surface area contributed by atoms with Gasteiger partial charge in [0, 0.05) is 11.3 Å². The molecule has 1 aliphatic heterocycles. The van der Waals surface area contributed by atoms with E-state index < -0.39 is 5.41 Å². The first-order valence-corrected chi connectivity index (χ1v) is 8.09. The second-order valence-electron chi connectivity index (χ2n) is 6.11. The van der Waals surface area contributed by atoms with E-state index in [1.165, 1.54) is 0 Å². The highest BCUT2D eigenvalue weighted by Crippen LogP contribution is 2.44. The maximum absolute atomic E-state index is 12.5. The van der Waals surface area contributed by atoms with Crippen LogP contribution in [0, 0.1) is 0 Å². The maximum Gasteiger partial charge on any atom is 0.235 e. The molecule has 2 heterocycles. The van der Waals surface area contributed by atoms with Gasteiger partial charge in [-0.1, -0.05) is 44.2 Å². The zero-order valence-electron chi connectivity index (χ0n) is 13.3. The van der Waals surface area contributed by atoms with Crippen LogP contribution in [0.4, 0.5) is 5.69 Å². The van der Waals surface area contributed by atoms with Crippen LogP contribution in [0.2, 0.25) is 0 Å². The Kier molecular flexibility index (Phi) is 3.01. The summed E-state index contributed by atoms with van der Waals surface area (Å²) in [4.78, 5) is 20.5. The molecule has 4 rings (SSSR count). The van der Waals surface area contributed by atoms with E-state index in [2.05, 4.69) is 30.2 Å². The zero-order valence-corrected chi connectivity index (χ0v) is 13.3. The molecule has 0 saturated carbocycles. The molecular formula is C19H19N3O. The van der Waals surface area contributed by atoms with E-state index >= 15 is 0 Å². The minimum Gasteiger partial charge on any atom is -0.338 e. The van der Waals surface area contributed by atoms with Gasteiger partial charge in [0.2, 0.25) is 5.91 Å². The van der Waals surface area contributed by atoms with Crippen molar-refractivity contribution in [3.63, 3.8) is 0 Å². The predicted octanol–water partition coefficient (Wildman–Crippen LogP) is 4.24. The first-order valence-electron chi connectivity index (χ1n) is 8.09. The molecule has 3 aromatic rings. The van der Waals surface area contributed by atoms with Gasteiger partial charge in [0.05, 0.1) is 16.4 Å². The smallest absolute Gasteiger partial charge is 0.235 e. The fraction of sp³-hybridized carbons (Fsp3) is 0.263. The van der Waals surface area contributed by atoms with E-state index in [0.717, 1.165) is 46.5 Å². The molecule has 0 radical (unpaired) electrons. The Morgan fingerprint density at radius 3 is 2.52 bits per heavy atom. The number of hydrogen-bond donors (Lipinski definition) is 2. The molecule has 2 aromatic carbocycles. The Balaban J connectivity index is 1.89. The van der Waals surface area contributed by atoms with Crippen molar-refractivity contribution in [3.05, 3.63) is 48.0 Å². The lowest BCUT2D eigenvalue weighted by Crippen LogP contribution is -2.32. The summed E-state index contributed by atoms with van der Waals surface area (Å²) in [6.07, 6.45) is 1.59. The number of benzene rings is 2. The number of aromatic amines is 1. The number of carbonyl (C=O) groups excluding carboxylic acids is 1. The monoisotopic (exact) mass is 305 g/mol. The summed E-state index contributed by atoms with van der Waals surface area (Å²) >= 11 is 0. The Labute approximate surface area is 134 Å². The van der Waals surface area contributed by atoms with E-state index in [1.807, 2.05) is 36.4 Å². The molecule has 0 spiro atoms. The number of anilines is 1. The third kappa shape index (κ3) is 1.91. The van der Waals surface area contributed by atoms with Gasteiger partial charge in [-0.05, 0) is 30.5 Å². The summed E-state index contributed by atoms with van der Waals surface area (Å²) in [5, 5.41) is 3.04. The molecule has 116 valence electrons. The van der Waals surface area contributed by atoms with Gasteiger partial charge in [-0.15, -0.1) is 0 Å². The number of nitrogens with one attached hydrogen (secondary N) is 2. The van der Waals surface area contributed by atoms with E-state index in [0.29, 0.717) is 0 Å². The second kappa shape index (κ2) is 4.95. The Morgan fingerprint density at radius 1 is 1.09 bits per heavy atom. The zero-order chi connectivity index (χ0) is 16.0. The van der Waals surface area contributed by atoms with Crippen LogP contribution < -0.4 is 5.32 Å². The average molecular weight is 305 g/mol. The largest absolute Gasteiger partial charge is 0.338 e. The van der Waals surface area contributed by atoms with Gasteiger partial charge in [-0.25, -0.2) is 4.98 Å². The average Bonchev–Trinajstić information content (AvgIpc) is 3.11. The van der Waals surface area contributed by atoms with Gasteiger partial charge < -0.3 is 10.3 Å². The van der Waals surface area contributed by atoms with E-state index in [9.17, 15) is 4.79 Å². The van der Waals surface area contributed by atoms with Crippen LogP contribution in [-0.4, -0.2) is 15.9 Å². The third-order valence-corrected chi connectivity index (χ3v) is 5.07. The van der Waals surface area contributed by atoms with Crippen molar-refractivity contribution in [2.24, 2.45) is 0 Å². The summed E-state index contributed by atoms with van der Waals surface area (Å²) in [5.41, 5.74) is 4.48. The number of carbonyl (C=O) groups is 1. The van der Waals surface area contributed by atoms with Crippen LogP contribution in [-0.2, 0) is 10.2 Å². The molecule has 1 aromatic heterocycles. The first-order chi connectivity index (χ1) is 11.2. The van der Waals surface area contributed by atoms with Crippen molar-refractivity contribution >= 4 is 22.6 Å². The van der Waals surface area contributed by atoms with Crippen molar-refractivity contribution < 1.29 is 4.79 Å². The molecule has 4 heteroatoms. The van der Waals surface area contributed by atoms with Crippen LogP contribution in [0.3, 0.4) is 0 Å². The number of imidazole rings is 1. The van der Waals surface area contributed by atoms with Gasteiger partial charge >= 0.3 is 0 Å². The quantitative estimate of drug-likeness (QED) is 0.760. The molecule has 0 bridgehead atoms. The minimum absolute atomic E-state index is 0.105. The van der Waals surface area contributed by atoms with Crippen molar-refractivity contribution in [2.75, 3.05) is 5.32 Å². The fourth-order valence-corrected chi connectivity index (χ4v) is 3.61. The van der Waals surface area contributed by atoms with Gasteiger partial charge in [-0.2, -0.15) is 0 Å². The number of rotatable bonds is 3. The standard InChI is InChI=1S/C19H19N3O/c1-3-19(4-2)13-10-15-16(11-14(13)22-18(19)23)21-17(20-15)12-8-6-5-7-9-12/h5-11H,3-4H2,1-2H3,(H,20,21)(H,22,23). The van der Waals surface area contributed by atoms with Crippen LogP contribution in [0.25, 0.3) is 22.4 Å². The lowest BCUT2D eigenvalue weighted by atomic mass is 9.77.